The van der Waals surface area contributed by atoms with Crippen LogP contribution in [-0.2, 0) is 13.6 Å². The van der Waals surface area contributed by atoms with Crippen LogP contribution in [0.2, 0.25) is 0 Å². The van der Waals surface area contributed by atoms with E-state index in [0.717, 1.165) is 16.4 Å². The number of carbonyl (C=O) groups is 2. The maximum atomic E-state index is 11.9. The van der Waals surface area contributed by atoms with Crippen molar-refractivity contribution in [3.05, 3.63) is 41.5 Å². The maximum absolute atomic E-state index is 11.9. The van der Waals surface area contributed by atoms with E-state index in [4.69, 9.17) is 0 Å². The van der Waals surface area contributed by atoms with Gasteiger partial charge in [-0.3, -0.25) is 14.5 Å². The standard InChI is InChI=1S/C13H13N5O2/c1-17-7-15-16-11(17)6-14-8-3-4-9-10(5-8)13(20)18(2)12(9)19/h3-5,7,14H,6H2,1-2H3. The number of aryl methyl sites for hydroxylation is 1. The Balaban J connectivity index is 1.82. The highest BCUT2D eigenvalue weighted by atomic mass is 16.2. The summed E-state index contributed by atoms with van der Waals surface area (Å²) in [7, 11) is 3.34. The number of amides is 2. The summed E-state index contributed by atoms with van der Waals surface area (Å²) >= 11 is 0. The molecule has 7 nitrogen and oxygen atoms in total. The summed E-state index contributed by atoms with van der Waals surface area (Å²) < 4.78 is 1.81. The lowest BCUT2D eigenvalue weighted by atomic mass is 10.1. The molecule has 0 atom stereocenters. The molecule has 0 spiro atoms. The molecule has 1 aromatic carbocycles. The van der Waals surface area contributed by atoms with E-state index in [9.17, 15) is 9.59 Å². The van der Waals surface area contributed by atoms with Gasteiger partial charge in [-0.15, -0.1) is 10.2 Å². The molecule has 2 amide bonds. The smallest absolute Gasteiger partial charge is 0.261 e. The third-order valence-corrected chi connectivity index (χ3v) is 3.35. The van der Waals surface area contributed by atoms with Gasteiger partial charge in [0.2, 0.25) is 0 Å². The predicted molar refractivity (Wildman–Crippen MR) is 71.2 cm³/mol. The third-order valence-electron chi connectivity index (χ3n) is 3.35. The van der Waals surface area contributed by atoms with Gasteiger partial charge in [-0.2, -0.15) is 0 Å². The van der Waals surface area contributed by atoms with Crippen LogP contribution >= 0.6 is 0 Å². The van der Waals surface area contributed by atoms with Crippen molar-refractivity contribution in [2.45, 2.75) is 6.54 Å². The summed E-state index contributed by atoms with van der Waals surface area (Å²) in [5.41, 5.74) is 1.64. The zero-order valence-electron chi connectivity index (χ0n) is 11.1. The lowest BCUT2D eigenvalue weighted by molar-refractivity contribution is 0.0693. The van der Waals surface area contributed by atoms with E-state index in [1.807, 2.05) is 11.6 Å². The number of hydrogen-bond donors (Lipinski definition) is 1. The second-order valence-corrected chi connectivity index (χ2v) is 4.64. The average Bonchev–Trinajstić information content (AvgIpc) is 2.95. The number of aromatic nitrogens is 3. The average molecular weight is 271 g/mol. The van der Waals surface area contributed by atoms with E-state index < -0.39 is 0 Å². The van der Waals surface area contributed by atoms with Gasteiger partial charge in [-0.05, 0) is 18.2 Å². The van der Waals surface area contributed by atoms with E-state index >= 15 is 0 Å². The molecule has 0 fully saturated rings. The number of nitrogens with zero attached hydrogens (tertiary/aromatic N) is 4. The molecule has 3 rings (SSSR count). The molecule has 1 aliphatic rings. The molecule has 0 radical (unpaired) electrons. The largest absolute Gasteiger partial charge is 0.378 e. The fourth-order valence-corrected chi connectivity index (χ4v) is 2.12. The molecule has 0 unspecified atom stereocenters. The van der Waals surface area contributed by atoms with Crippen LogP contribution in [0.25, 0.3) is 0 Å². The van der Waals surface area contributed by atoms with Crippen LogP contribution in [0, 0.1) is 0 Å². The molecule has 102 valence electrons. The molecule has 2 aromatic rings. The lowest BCUT2D eigenvalue weighted by Gasteiger charge is -2.06. The Labute approximate surface area is 115 Å². The minimum atomic E-state index is -0.271. The molecule has 0 aliphatic carbocycles. The van der Waals surface area contributed by atoms with Crippen molar-refractivity contribution < 1.29 is 9.59 Å². The third kappa shape index (κ3) is 1.83. The van der Waals surface area contributed by atoms with Crippen molar-refractivity contribution in [2.75, 3.05) is 12.4 Å². The quantitative estimate of drug-likeness (QED) is 0.829. The Morgan fingerprint density at radius 1 is 1.15 bits per heavy atom. The minimum absolute atomic E-state index is 0.259. The van der Waals surface area contributed by atoms with E-state index in [0.29, 0.717) is 17.7 Å². The first kappa shape index (κ1) is 12.3. The number of carbonyl (C=O) groups excluding carboxylic acids is 2. The van der Waals surface area contributed by atoms with Crippen LogP contribution in [0.15, 0.2) is 24.5 Å². The first-order chi connectivity index (χ1) is 9.58. The van der Waals surface area contributed by atoms with E-state index in [1.165, 1.54) is 7.05 Å². The van der Waals surface area contributed by atoms with E-state index in [2.05, 4.69) is 15.5 Å². The van der Waals surface area contributed by atoms with Crippen LogP contribution in [0.5, 0.6) is 0 Å². The maximum Gasteiger partial charge on any atom is 0.261 e. The van der Waals surface area contributed by atoms with Gasteiger partial charge in [-0.1, -0.05) is 0 Å². The first-order valence-electron chi connectivity index (χ1n) is 6.11. The number of anilines is 1. The Morgan fingerprint density at radius 2 is 1.90 bits per heavy atom. The van der Waals surface area contributed by atoms with Gasteiger partial charge in [0, 0.05) is 19.8 Å². The number of nitrogens with one attached hydrogen (secondary N) is 1. The Hall–Kier alpha value is -2.70. The fraction of sp³-hybridized carbons (Fsp3) is 0.231. The molecule has 0 saturated heterocycles. The van der Waals surface area contributed by atoms with Gasteiger partial charge >= 0.3 is 0 Å². The van der Waals surface area contributed by atoms with Gasteiger partial charge < -0.3 is 9.88 Å². The number of fused-ring (bicyclic) bond motifs is 1. The molecular formula is C13H13N5O2. The van der Waals surface area contributed by atoms with Crippen LogP contribution in [0.4, 0.5) is 5.69 Å². The minimum Gasteiger partial charge on any atom is -0.378 e. The Kier molecular flexibility index (Phi) is 2.74. The van der Waals surface area contributed by atoms with Crippen molar-refractivity contribution in [3.63, 3.8) is 0 Å². The van der Waals surface area contributed by atoms with Crippen molar-refractivity contribution in [1.29, 1.82) is 0 Å². The highest BCUT2D eigenvalue weighted by molar-refractivity contribution is 6.21. The van der Waals surface area contributed by atoms with Crippen molar-refractivity contribution >= 4 is 17.5 Å². The van der Waals surface area contributed by atoms with Crippen molar-refractivity contribution in [2.24, 2.45) is 7.05 Å². The van der Waals surface area contributed by atoms with Gasteiger partial charge in [0.25, 0.3) is 11.8 Å². The fourth-order valence-electron chi connectivity index (χ4n) is 2.12. The van der Waals surface area contributed by atoms with Crippen LogP contribution in [0.1, 0.15) is 26.5 Å². The molecule has 1 N–H and O–H groups in total. The Morgan fingerprint density at radius 3 is 2.60 bits per heavy atom. The summed E-state index contributed by atoms with van der Waals surface area (Å²) in [5.74, 6) is 0.252. The highest BCUT2D eigenvalue weighted by Crippen LogP contribution is 2.24. The zero-order valence-corrected chi connectivity index (χ0v) is 11.1. The lowest BCUT2D eigenvalue weighted by Crippen LogP contribution is -2.24. The second kappa shape index (κ2) is 4.44. The molecular weight excluding hydrogens is 258 g/mol. The number of imide groups is 1. The van der Waals surface area contributed by atoms with Crippen molar-refractivity contribution in [3.8, 4) is 0 Å². The molecule has 0 bridgehead atoms. The van der Waals surface area contributed by atoms with Gasteiger partial charge in [0.05, 0.1) is 17.7 Å². The number of rotatable bonds is 3. The van der Waals surface area contributed by atoms with E-state index in [1.54, 1.807) is 24.5 Å². The van der Waals surface area contributed by atoms with Crippen molar-refractivity contribution in [1.82, 2.24) is 19.7 Å². The molecule has 7 heteroatoms. The van der Waals surface area contributed by atoms with Gasteiger partial charge in [0.1, 0.15) is 6.33 Å². The highest BCUT2D eigenvalue weighted by Gasteiger charge is 2.32. The molecule has 20 heavy (non-hydrogen) atoms. The molecule has 0 saturated carbocycles. The van der Waals surface area contributed by atoms with Gasteiger partial charge in [-0.25, -0.2) is 0 Å². The Bertz CT molecular complexity index is 707. The number of hydrogen-bond acceptors (Lipinski definition) is 5. The normalized spacial score (nSPS) is 13.8. The summed E-state index contributed by atoms with van der Waals surface area (Å²) in [6.07, 6.45) is 1.62. The van der Waals surface area contributed by atoms with Crippen LogP contribution in [-0.4, -0.2) is 38.5 Å². The zero-order chi connectivity index (χ0) is 14.3. The summed E-state index contributed by atoms with van der Waals surface area (Å²) in [6.45, 7) is 0.493. The predicted octanol–water partition coefficient (Wildman–Crippen LogP) is 0.653. The molecule has 1 aromatic heterocycles. The SMILES string of the molecule is CN1C(=O)c2ccc(NCc3nncn3C)cc2C1=O. The topological polar surface area (TPSA) is 80.1 Å². The molecule has 2 heterocycles. The monoisotopic (exact) mass is 271 g/mol. The summed E-state index contributed by atoms with van der Waals surface area (Å²) in [6, 6.07) is 5.13. The van der Waals surface area contributed by atoms with Crippen LogP contribution in [0.3, 0.4) is 0 Å². The van der Waals surface area contributed by atoms with E-state index in [-0.39, 0.29) is 11.8 Å². The van der Waals surface area contributed by atoms with Crippen LogP contribution < -0.4 is 5.32 Å². The van der Waals surface area contributed by atoms with Gasteiger partial charge in [0.15, 0.2) is 5.82 Å². The summed E-state index contributed by atoms with van der Waals surface area (Å²) in [4.78, 5) is 24.8. The second-order valence-electron chi connectivity index (χ2n) is 4.64. The molecule has 1 aliphatic heterocycles. The summed E-state index contributed by atoms with van der Waals surface area (Å²) in [5, 5.41) is 10.9. The number of benzene rings is 1. The first-order valence-corrected chi connectivity index (χ1v) is 6.11.